The third-order valence-electron chi connectivity index (χ3n) is 2.82. The van der Waals surface area contributed by atoms with Crippen LogP contribution in [-0.4, -0.2) is 67.0 Å². The van der Waals surface area contributed by atoms with Crippen LogP contribution in [0.4, 0.5) is 4.79 Å². The minimum atomic E-state index is 0.132. The predicted octanol–water partition coefficient (Wildman–Crippen LogP) is 0.694. The van der Waals surface area contributed by atoms with Crippen molar-refractivity contribution in [2.45, 2.75) is 19.9 Å². The summed E-state index contributed by atoms with van der Waals surface area (Å²) in [5, 5.41) is 0. The van der Waals surface area contributed by atoms with Gasteiger partial charge in [0.15, 0.2) is 0 Å². The van der Waals surface area contributed by atoms with E-state index in [1.54, 1.807) is 19.0 Å². The van der Waals surface area contributed by atoms with Crippen molar-refractivity contribution in [1.29, 1.82) is 0 Å². The fourth-order valence-corrected chi connectivity index (χ4v) is 1.92. The van der Waals surface area contributed by atoms with Crippen molar-refractivity contribution >= 4 is 6.03 Å². The largest absolute Gasteiger partial charge is 0.331 e. The first-order valence-corrected chi connectivity index (χ1v) is 5.26. The van der Waals surface area contributed by atoms with Gasteiger partial charge in [-0.05, 0) is 13.5 Å². The van der Waals surface area contributed by atoms with Crippen molar-refractivity contribution in [3.63, 3.8) is 0 Å². The topological polar surface area (TPSA) is 26.8 Å². The second-order valence-corrected chi connectivity index (χ2v) is 4.10. The molecule has 1 fully saturated rings. The lowest BCUT2D eigenvalue weighted by Crippen LogP contribution is -2.55. The Kier molecular flexibility index (Phi) is 3.75. The monoisotopic (exact) mass is 199 g/mol. The van der Waals surface area contributed by atoms with E-state index in [4.69, 9.17) is 0 Å². The van der Waals surface area contributed by atoms with Gasteiger partial charge in [-0.2, -0.15) is 0 Å². The Labute approximate surface area is 86.5 Å². The highest BCUT2D eigenvalue weighted by Gasteiger charge is 2.26. The van der Waals surface area contributed by atoms with Crippen molar-refractivity contribution in [2.75, 3.05) is 40.3 Å². The van der Waals surface area contributed by atoms with Crippen LogP contribution in [-0.2, 0) is 0 Å². The zero-order valence-electron chi connectivity index (χ0n) is 9.66. The van der Waals surface area contributed by atoms with Gasteiger partial charge < -0.3 is 9.80 Å². The number of hydrogen-bond donors (Lipinski definition) is 0. The molecule has 0 saturated carbocycles. The first-order valence-electron chi connectivity index (χ1n) is 5.26. The molecule has 4 heteroatoms. The van der Waals surface area contributed by atoms with Gasteiger partial charge in [0.2, 0.25) is 0 Å². The number of carbonyl (C=O) groups is 1. The zero-order valence-corrected chi connectivity index (χ0v) is 9.66. The minimum Gasteiger partial charge on any atom is -0.331 e. The summed E-state index contributed by atoms with van der Waals surface area (Å²) in [6.45, 7) is 8.13. The Hall–Kier alpha value is -0.770. The summed E-state index contributed by atoms with van der Waals surface area (Å²) in [6, 6.07) is 0.616. The molecule has 0 aliphatic carbocycles. The normalized spacial score (nSPS) is 23.7. The van der Waals surface area contributed by atoms with E-state index in [9.17, 15) is 4.79 Å². The molecule has 1 saturated heterocycles. The van der Waals surface area contributed by atoms with Crippen molar-refractivity contribution in [3.05, 3.63) is 0 Å². The summed E-state index contributed by atoms with van der Waals surface area (Å²) in [7, 11) is 3.61. The van der Waals surface area contributed by atoms with Gasteiger partial charge in [0.25, 0.3) is 0 Å². The molecule has 0 N–H and O–H groups in total. The molecule has 0 aromatic heterocycles. The lowest BCUT2D eigenvalue weighted by Gasteiger charge is -2.40. The van der Waals surface area contributed by atoms with Gasteiger partial charge in [-0.1, -0.05) is 6.92 Å². The molecule has 14 heavy (non-hydrogen) atoms. The number of rotatable bonds is 1. The van der Waals surface area contributed by atoms with Gasteiger partial charge in [0.1, 0.15) is 0 Å². The molecule has 0 spiro atoms. The Bertz CT molecular complexity index is 206. The van der Waals surface area contributed by atoms with Crippen LogP contribution >= 0.6 is 0 Å². The zero-order chi connectivity index (χ0) is 10.7. The quantitative estimate of drug-likeness (QED) is 0.621. The molecule has 0 bridgehead atoms. The summed E-state index contributed by atoms with van der Waals surface area (Å²) in [5.74, 6) is 0. The molecular formula is C10H21N3O. The van der Waals surface area contributed by atoms with Gasteiger partial charge in [-0.15, -0.1) is 0 Å². The summed E-state index contributed by atoms with van der Waals surface area (Å²) in [5.41, 5.74) is 0. The summed E-state index contributed by atoms with van der Waals surface area (Å²) in [4.78, 5) is 17.6. The Morgan fingerprint density at radius 3 is 2.50 bits per heavy atom. The molecule has 1 heterocycles. The fraction of sp³-hybridized carbons (Fsp3) is 0.900. The number of hydrogen-bond acceptors (Lipinski definition) is 2. The molecule has 0 radical (unpaired) electrons. The second kappa shape index (κ2) is 4.64. The molecule has 2 amide bonds. The van der Waals surface area contributed by atoms with Crippen LogP contribution in [0.2, 0.25) is 0 Å². The second-order valence-electron chi connectivity index (χ2n) is 4.10. The molecule has 1 aliphatic heterocycles. The fourth-order valence-electron chi connectivity index (χ4n) is 1.92. The number of likely N-dealkylation sites (N-methyl/N-ethyl adjacent to an activating group) is 1. The van der Waals surface area contributed by atoms with Crippen molar-refractivity contribution in [2.24, 2.45) is 0 Å². The highest BCUT2D eigenvalue weighted by molar-refractivity contribution is 5.73. The van der Waals surface area contributed by atoms with Crippen LogP contribution in [0.1, 0.15) is 13.8 Å². The van der Waals surface area contributed by atoms with Crippen molar-refractivity contribution < 1.29 is 4.79 Å². The summed E-state index contributed by atoms with van der Waals surface area (Å²) >= 11 is 0. The van der Waals surface area contributed by atoms with Gasteiger partial charge in [0.05, 0.1) is 0 Å². The van der Waals surface area contributed by atoms with E-state index in [0.29, 0.717) is 6.04 Å². The van der Waals surface area contributed by atoms with Crippen LogP contribution in [0, 0.1) is 0 Å². The molecule has 1 unspecified atom stereocenters. The highest BCUT2D eigenvalue weighted by atomic mass is 16.2. The molecular weight excluding hydrogens is 178 g/mol. The van der Waals surface area contributed by atoms with Crippen LogP contribution in [0.5, 0.6) is 0 Å². The SMILES string of the molecule is CCN1CCN(C(=O)N(C)C)CC1C. The van der Waals surface area contributed by atoms with E-state index in [1.807, 2.05) is 4.90 Å². The number of carbonyl (C=O) groups excluding carboxylic acids is 1. The maximum Gasteiger partial charge on any atom is 0.319 e. The predicted molar refractivity (Wildman–Crippen MR) is 57.4 cm³/mol. The van der Waals surface area contributed by atoms with Gasteiger partial charge >= 0.3 is 6.03 Å². The van der Waals surface area contributed by atoms with E-state index in [0.717, 1.165) is 26.2 Å². The Morgan fingerprint density at radius 2 is 2.07 bits per heavy atom. The molecule has 0 aromatic rings. The number of urea groups is 1. The van der Waals surface area contributed by atoms with Crippen LogP contribution in [0.25, 0.3) is 0 Å². The van der Waals surface area contributed by atoms with Crippen LogP contribution in [0.3, 0.4) is 0 Å². The Morgan fingerprint density at radius 1 is 1.43 bits per heavy atom. The molecule has 1 atom stereocenters. The minimum absolute atomic E-state index is 0.132. The maximum absolute atomic E-state index is 11.7. The van der Waals surface area contributed by atoms with Crippen LogP contribution in [0.15, 0.2) is 0 Å². The van der Waals surface area contributed by atoms with E-state index in [2.05, 4.69) is 18.7 Å². The Balaban J connectivity index is 2.50. The maximum atomic E-state index is 11.7. The van der Waals surface area contributed by atoms with E-state index in [1.165, 1.54) is 0 Å². The van der Waals surface area contributed by atoms with Crippen molar-refractivity contribution in [1.82, 2.24) is 14.7 Å². The van der Waals surface area contributed by atoms with Gasteiger partial charge in [0, 0.05) is 39.8 Å². The first kappa shape index (κ1) is 11.3. The average Bonchev–Trinajstić information content (AvgIpc) is 2.16. The lowest BCUT2D eigenvalue weighted by atomic mass is 10.2. The van der Waals surface area contributed by atoms with Gasteiger partial charge in [-0.25, -0.2) is 4.79 Å². The van der Waals surface area contributed by atoms with E-state index < -0.39 is 0 Å². The number of amides is 2. The third kappa shape index (κ3) is 2.38. The summed E-state index contributed by atoms with van der Waals surface area (Å²) in [6.07, 6.45) is 0. The average molecular weight is 199 g/mol. The lowest BCUT2D eigenvalue weighted by molar-refractivity contribution is 0.0914. The smallest absolute Gasteiger partial charge is 0.319 e. The number of nitrogens with zero attached hydrogens (tertiary/aromatic N) is 3. The molecule has 4 nitrogen and oxygen atoms in total. The molecule has 0 aromatic carbocycles. The van der Waals surface area contributed by atoms with Crippen molar-refractivity contribution in [3.8, 4) is 0 Å². The molecule has 1 aliphatic rings. The first-order chi connectivity index (χ1) is 6.56. The third-order valence-corrected chi connectivity index (χ3v) is 2.82. The molecule has 1 rings (SSSR count). The standard InChI is InChI=1S/C10H21N3O/c1-5-12-6-7-13(8-9(12)2)10(14)11(3)4/h9H,5-8H2,1-4H3. The molecule has 82 valence electrons. The van der Waals surface area contributed by atoms with E-state index in [-0.39, 0.29) is 6.03 Å². The summed E-state index contributed by atoms with van der Waals surface area (Å²) < 4.78 is 0. The van der Waals surface area contributed by atoms with Crippen LogP contribution < -0.4 is 0 Å². The highest BCUT2D eigenvalue weighted by Crippen LogP contribution is 2.09. The van der Waals surface area contributed by atoms with E-state index >= 15 is 0 Å². The van der Waals surface area contributed by atoms with Gasteiger partial charge in [-0.3, -0.25) is 4.90 Å². The number of piperazine rings is 1.